The number of hydrogen-bond acceptors (Lipinski definition) is 4. The van der Waals surface area contributed by atoms with Crippen LogP contribution in [-0.2, 0) is 6.54 Å². The molecule has 0 amide bonds. The fraction of sp³-hybridized carbons (Fsp3) is 0.375. The third kappa shape index (κ3) is 1.74. The molecule has 0 saturated carbocycles. The summed E-state index contributed by atoms with van der Waals surface area (Å²) in [6, 6.07) is 0. The van der Waals surface area contributed by atoms with Gasteiger partial charge < -0.3 is 15.6 Å². The molecule has 6 heteroatoms. The zero-order chi connectivity index (χ0) is 10.7. The van der Waals surface area contributed by atoms with Crippen molar-refractivity contribution in [3.63, 3.8) is 0 Å². The summed E-state index contributed by atoms with van der Waals surface area (Å²) in [6.07, 6.45) is -1.63. The molecule has 0 radical (unpaired) electrons. The number of nitrogens with zero attached hydrogens (tertiary/aromatic N) is 1. The van der Waals surface area contributed by atoms with E-state index in [0.717, 1.165) is 0 Å². The van der Waals surface area contributed by atoms with Gasteiger partial charge in [0.25, 0.3) is 12.3 Å². The van der Waals surface area contributed by atoms with Crippen LogP contribution in [0.4, 0.5) is 8.78 Å². The minimum atomic E-state index is -2.80. The van der Waals surface area contributed by atoms with Gasteiger partial charge in [0, 0.05) is 12.7 Å². The summed E-state index contributed by atoms with van der Waals surface area (Å²) in [7, 11) is 1.24. The molecule has 1 heterocycles. The molecule has 0 saturated heterocycles. The number of hydrogen-bond donors (Lipinski definition) is 2. The third-order valence-electron chi connectivity index (χ3n) is 1.77. The smallest absolute Gasteiger partial charge is 0.267 e. The minimum absolute atomic E-state index is 0.107. The molecule has 0 aliphatic rings. The molecule has 0 aliphatic carbocycles. The molecule has 0 bridgehead atoms. The number of aromatic nitrogens is 1. The van der Waals surface area contributed by atoms with Crippen LogP contribution in [0.2, 0.25) is 0 Å². The van der Waals surface area contributed by atoms with Gasteiger partial charge in [0.1, 0.15) is 0 Å². The van der Waals surface area contributed by atoms with Gasteiger partial charge in [-0.3, -0.25) is 0 Å². The first-order chi connectivity index (χ1) is 6.61. The molecule has 3 N–H and O–H groups in total. The van der Waals surface area contributed by atoms with Crippen molar-refractivity contribution in [3.05, 3.63) is 17.3 Å². The molecular weight excluding hydrogens is 194 g/mol. The van der Waals surface area contributed by atoms with E-state index in [0.29, 0.717) is 0 Å². The Labute approximate surface area is 79.3 Å². The van der Waals surface area contributed by atoms with Gasteiger partial charge in [0.15, 0.2) is 5.75 Å². The van der Waals surface area contributed by atoms with Gasteiger partial charge in [-0.05, 0) is 5.56 Å². The van der Waals surface area contributed by atoms with Crippen molar-refractivity contribution in [1.29, 1.82) is 0 Å². The molecule has 0 aromatic carbocycles. The van der Waals surface area contributed by atoms with Crippen LogP contribution in [0.15, 0.2) is 6.20 Å². The Morgan fingerprint density at radius 1 is 1.64 bits per heavy atom. The van der Waals surface area contributed by atoms with Crippen LogP contribution >= 0.6 is 0 Å². The largest absolute Gasteiger partial charge is 0.503 e. The van der Waals surface area contributed by atoms with E-state index in [-0.39, 0.29) is 18.0 Å². The topological polar surface area (TPSA) is 68.4 Å². The second-order valence-electron chi connectivity index (χ2n) is 2.56. The minimum Gasteiger partial charge on any atom is -0.503 e. The summed E-state index contributed by atoms with van der Waals surface area (Å²) in [5, 5.41) is 9.35. The van der Waals surface area contributed by atoms with Crippen LogP contribution in [0.1, 0.15) is 17.6 Å². The molecule has 1 rings (SSSR count). The lowest BCUT2D eigenvalue weighted by Gasteiger charge is -2.10. The molecule has 78 valence electrons. The maximum Gasteiger partial charge on any atom is 0.267 e. The first kappa shape index (κ1) is 10.6. The number of alkyl halides is 2. The lowest BCUT2D eigenvalue weighted by molar-refractivity contribution is 0.145. The highest BCUT2D eigenvalue weighted by Gasteiger charge is 2.21. The van der Waals surface area contributed by atoms with E-state index in [4.69, 9.17) is 5.73 Å². The Balaban J connectivity index is 3.31. The predicted molar refractivity (Wildman–Crippen MR) is 45.3 cm³/mol. The van der Waals surface area contributed by atoms with Crippen LogP contribution in [-0.4, -0.2) is 17.2 Å². The second kappa shape index (κ2) is 4.19. The van der Waals surface area contributed by atoms with Gasteiger partial charge in [-0.25, -0.2) is 13.8 Å². The molecule has 0 atom stereocenters. The highest BCUT2D eigenvalue weighted by atomic mass is 19.3. The van der Waals surface area contributed by atoms with Crippen molar-refractivity contribution in [1.82, 2.24) is 4.98 Å². The van der Waals surface area contributed by atoms with Crippen LogP contribution in [0, 0.1) is 0 Å². The van der Waals surface area contributed by atoms with Gasteiger partial charge in [0.05, 0.1) is 12.7 Å². The van der Waals surface area contributed by atoms with Crippen molar-refractivity contribution in [2.75, 3.05) is 7.11 Å². The van der Waals surface area contributed by atoms with Crippen molar-refractivity contribution >= 4 is 0 Å². The van der Waals surface area contributed by atoms with Gasteiger partial charge in [0.2, 0.25) is 0 Å². The van der Waals surface area contributed by atoms with E-state index in [1.807, 2.05) is 0 Å². The number of nitrogens with two attached hydrogens (primary N) is 1. The van der Waals surface area contributed by atoms with Crippen molar-refractivity contribution in [3.8, 4) is 11.6 Å². The maximum absolute atomic E-state index is 12.5. The zero-order valence-corrected chi connectivity index (χ0v) is 7.50. The van der Waals surface area contributed by atoms with Crippen LogP contribution in [0.3, 0.4) is 0 Å². The third-order valence-corrected chi connectivity index (χ3v) is 1.77. The van der Waals surface area contributed by atoms with E-state index in [1.165, 1.54) is 13.3 Å². The fourth-order valence-electron chi connectivity index (χ4n) is 1.09. The van der Waals surface area contributed by atoms with Gasteiger partial charge >= 0.3 is 0 Å². The van der Waals surface area contributed by atoms with Crippen LogP contribution in [0.5, 0.6) is 11.6 Å². The molecule has 1 aromatic heterocycles. The second-order valence-corrected chi connectivity index (χ2v) is 2.56. The number of methoxy groups -OCH3 is 1. The van der Waals surface area contributed by atoms with Crippen LogP contribution in [0.25, 0.3) is 0 Å². The molecule has 0 unspecified atom stereocenters. The summed E-state index contributed by atoms with van der Waals surface area (Å²) in [4.78, 5) is 3.63. The average molecular weight is 204 g/mol. The van der Waals surface area contributed by atoms with Crippen molar-refractivity contribution < 1.29 is 18.6 Å². The van der Waals surface area contributed by atoms with E-state index in [9.17, 15) is 13.9 Å². The quantitative estimate of drug-likeness (QED) is 0.776. The predicted octanol–water partition coefficient (Wildman–Crippen LogP) is 1.19. The lowest BCUT2D eigenvalue weighted by atomic mass is 10.1. The maximum atomic E-state index is 12.5. The Morgan fingerprint density at radius 3 is 2.71 bits per heavy atom. The van der Waals surface area contributed by atoms with E-state index in [1.54, 1.807) is 0 Å². The van der Waals surface area contributed by atoms with Crippen molar-refractivity contribution in [2.24, 2.45) is 5.73 Å². The molecule has 1 aromatic rings. The average Bonchev–Trinajstić information content (AvgIpc) is 2.16. The summed E-state index contributed by atoms with van der Waals surface area (Å²) in [5.41, 5.74) is 4.82. The zero-order valence-electron chi connectivity index (χ0n) is 7.50. The first-order valence-corrected chi connectivity index (χ1v) is 3.84. The number of halogens is 2. The normalized spacial score (nSPS) is 10.6. The van der Waals surface area contributed by atoms with Gasteiger partial charge in [-0.15, -0.1) is 0 Å². The molecule has 14 heavy (non-hydrogen) atoms. The van der Waals surface area contributed by atoms with Gasteiger partial charge in [-0.1, -0.05) is 0 Å². The summed E-state index contributed by atoms with van der Waals surface area (Å²) < 4.78 is 29.6. The highest BCUT2D eigenvalue weighted by Crippen LogP contribution is 2.36. The molecule has 4 nitrogen and oxygen atoms in total. The highest BCUT2D eigenvalue weighted by molar-refractivity contribution is 5.45. The molecular formula is C8H10F2N2O2. The molecule has 0 aliphatic heterocycles. The Kier molecular flexibility index (Phi) is 3.19. The van der Waals surface area contributed by atoms with E-state index >= 15 is 0 Å². The summed E-state index contributed by atoms with van der Waals surface area (Å²) in [5.74, 6) is -0.872. The summed E-state index contributed by atoms with van der Waals surface area (Å²) in [6.45, 7) is -0.107. The Hall–Kier alpha value is -1.43. The van der Waals surface area contributed by atoms with Crippen molar-refractivity contribution in [2.45, 2.75) is 13.0 Å². The lowest BCUT2D eigenvalue weighted by Crippen LogP contribution is -2.04. The number of ether oxygens (including phenoxy) is 1. The Bertz CT molecular complexity index is 331. The van der Waals surface area contributed by atoms with E-state index in [2.05, 4.69) is 9.72 Å². The number of rotatable bonds is 3. The molecule has 0 fully saturated rings. The molecule has 0 spiro atoms. The van der Waals surface area contributed by atoms with Crippen LogP contribution < -0.4 is 10.5 Å². The number of aromatic hydroxyl groups is 1. The first-order valence-electron chi connectivity index (χ1n) is 3.84. The number of pyridine rings is 1. The summed E-state index contributed by atoms with van der Waals surface area (Å²) >= 11 is 0. The SMILES string of the molecule is COc1ncc(CN)c(C(F)F)c1O. The Morgan fingerprint density at radius 2 is 2.29 bits per heavy atom. The monoisotopic (exact) mass is 204 g/mol. The fourth-order valence-corrected chi connectivity index (χ4v) is 1.09. The van der Waals surface area contributed by atoms with E-state index < -0.39 is 17.7 Å². The van der Waals surface area contributed by atoms with Gasteiger partial charge in [-0.2, -0.15) is 0 Å². The standard InChI is InChI=1S/C8H10F2N2O2/c1-14-8-6(13)5(7(9)10)4(2-11)3-12-8/h3,7,13H,2,11H2,1H3.